The van der Waals surface area contributed by atoms with E-state index in [1.165, 1.54) is 117 Å². The molecule has 0 aromatic rings. The maximum atomic E-state index is 11.1. The summed E-state index contributed by atoms with van der Waals surface area (Å²) >= 11 is 0. The molecule has 0 aromatic carbocycles. The molecule has 176 valence electrons. The number of unbranched alkanes of at least 4 members (excludes halogenated alkanes) is 15. The minimum absolute atomic E-state index is 0. The smallest absolute Gasteiger partial charge is 0.305 e. The van der Waals surface area contributed by atoms with Gasteiger partial charge in [0.05, 0.1) is 34.3 Å². The summed E-state index contributed by atoms with van der Waals surface area (Å²) in [6.07, 6.45) is 23.9. The number of halogens is 1. The molecule has 0 saturated carbocycles. The van der Waals surface area contributed by atoms with Gasteiger partial charge in [-0.3, -0.25) is 4.79 Å². The second-order valence-electron chi connectivity index (χ2n) is 9.37. The van der Waals surface area contributed by atoms with Crippen molar-refractivity contribution in [1.82, 2.24) is 0 Å². The molecule has 29 heavy (non-hydrogen) atoms. The third-order valence-electron chi connectivity index (χ3n) is 5.99. The Morgan fingerprint density at radius 1 is 0.621 bits per heavy atom. The van der Waals surface area contributed by atoms with E-state index in [1.54, 1.807) is 0 Å². The first-order valence-corrected chi connectivity index (χ1v) is 12.4. The fraction of sp³-hybridized carbons (Fsp3) is 0.960. The monoisotopic (exact) mass is 477 g/mol. The third-order valence-corrected chi connectivity index (χ3v) is 5.99. The molecule has 0 fully saturated rings. The number of carbonyl (C=O) groups is 1. The van der Waals surface area contributed by atoms with Gasteiger partial charge >= 0.3 is 5.97 Å². The van der Waals surface area contributed by atoms with E-state index in [1.807, 2.05) is 0 Å². The van der Waals surface area contributed by atoms with Gasteiger partial charge in [-0.2, -0.15) is 0 Å². The van der Waals surface area contributed by atoms with Crippen molar-refractivity contribution in [3.8, 4) is 0 Å². The Morgan fingerprint density at radius 3 is 1.34 bits per heavy atom. The van der Waals surface area contributed by atoms with E-state index in [9.17, 15) is 4.79 Å². The van der Waals surface area contributed by atoms with Crippen LogP contribution in [-0.2, 0) is 9.53 Å². The maximum Gasteiger partial charge on any atom is 0.305 e. The lowest BCUT2D eigenvalue weighted by molar-refractivity contribution is -0.890. The van der Waals surface area contributed by atoms with Gasteiger partial charge < -0.3 is 26.2 Å². The van der Waals surface area contributed by atoms with Crippen molar-refractivity contribution in [2.45, 2.75) is 122 Å². The van der Waals surface area contributed by atoms with Crippen LogP contribution in [-0.4, -0.2) is 44.7 Å². The van der Waals surface area contributed by atoms with Crippen LogP contribution in [0.5, 0.6) is 0 Å². The summed E-state index contributed by atoms with van der Waals surface area (Å²) in [7, 11) is 6.17. The molecule has 4 heteroatoms. The first-order valence-electron chi connectivity index (χ1n) is 12.4. The second-order valence-corrected chi connectivity index (χ2v) is 9.37. The van der Waals surface area contributed by atoms with Crippen molar-refractivity contribution < 1.29 is 31.0 Å². The van der Waals surface area contributed by atoms with E-state index in [4.69, 9.17) is 0 Å². The van der Waals surface area contributed by atoms with Crippen molar-refractivity contribution in [3.63, 3.8) is 0 Å². The first-order chi connectivity index (χ1) is 13.5. The first kappa shape index (κ1) is 31.1. The predicted octanol–water partition coefficient (Wildman–Crippen LogP) is 4.28. The van der Waals surface area contributed by atoms with Crippen molar-refractivity contribution in [3.05, 3.63) is 0 Å². The lowest BCUT2D eigenvalue weighted by Gasteiger charge is -2.30. The zero-order chi connectivity index (χ0) is 20.9. The minimum atomic E-state index is -0.0730. The van der Waals surface area contributed by atoms with Gasteiger partial charge in [-0.1, -0.05) is 84.0 Å². The van der Waals surface area contributed by atoms with Crippen LogP contribution in [0.15, 0.2) is 0 Å². The Balaban J connectivity index is 0. The molecule has 0 heterocycles. The van der Waals surface area contributed by atoms with Crippen LogP contribution in [0.1, 0.15) is 122 Å². The van der Waals surface area contributed by atoms with Crippen LogP contribution in [0.4, 0.5) is 0 Å². The van der Waals surface area contributed by atoms with Gasteiger partial charge in [-0.25, -0.2) is 0 Å². The van der Waals surface area contributed by atoms with E-state index in [-0.39, 0.29) is 23.0 Å². The van der Waals surface area contributed by atoms with Crippen molar-refractivity contribution in [2.75, 3.05) is 34.3 Å². The van der Waals surface area contributed by atoms with E-state index in [0.29, 0.717) is 6.42 Å². The third kappa shape index (κ3) is 24.1. The van der Waals surface area contributed by atoms with E-state index in [0.717, 1.165) is 17.3 Å². The van der Waals surface area contributed by atoms with Gasteiger partial charge in [0.1, 0.15) is 0 Å². The molecule has 0 saturated heterocycles. The molecule has 0 spiro atoms. The number of carbonyl (C=O) groups excluding carboxylic acids is 1. The molecule has 0 bridgehead atoms. The van der Waals surface area contributed by atoms with E-state index >= 15 is 0 Å². The Bertz CT molecular complexity index is 348. The summed E-state index contributed by atoms with van der Waals surface area (Å²) in [4.78, 5) is 11.1. The van der Waals surface area contributed by atoms with E-state index < -0.39 is 0 Å². The zero-order valence-electron chi connectivity index (χ0n) is 20.3. The van der Waals surface area contributed by atoms with Crippen LogP contribution in [0.25, 0.3) is 0 Å². The number of hydrogen-bond donors (Lipinski definition) is 0. The molecule has 0 rings (SSSR count). The van der Waals surface area contributed by atoms with Gasteiger partial charge in [0, 0.05) is 6.42 Å². The van der Waals surface area contributed by atoms with Crippen LogP contribution in [0.3, 0.4) is 0 Å². The highest BCUT2D eigenvalue weighted by Crippen LogP contribution is 2.14. The SMILES string of the molecule is CCCCCCCCCCCCCCCC[N+](C)(C)CCCCCC(=O)OC.[Br-]. The molecule has 0 atom stereocenters. The lowest BCUT2D eigenvalue weighted by Crippen LogP contribution is -3.00. The predicted molar refractivity (Wildman–Crippen MR) is 123 cm³/mol. The number of hydrogen-bond acceptors (Lipinski definition) is 2. The summed E-state index contributed by atoms with van der Waals surface area (Å²) in [6.45, 7) is 4.80. The van der Waals surface area contributed by atoms with E-state index in [2.05, 4.69) is 25.8 Å². The Morgan fingerprint density at radius 2 is 0.966 bits per heavy atom. The largest absolute Gasteiger partial charge is 1.00 e. The second kappa shape index (κ2) is 22.6. The maximum absolute atomic E-state index is 11.1. The summed E-state index contributed by atoms with van der Waals surface area (Å²) in [6, 6.07) is 0. The Kier molecular flexibility index (Phi) is 24.2. The Hall–Kier alpha value is -0.0900. The van der Waals surface area contributed by atoms with Crippen LogP contribution in [0, 0.1) is 0 Å². The average Bonchev–Trinajstić information content (AvgIpc) is 2.67. The van der Waals surface area contributed by atoms with Crippen molar-refractivity contribution in [1.29, 1.82) is 0 Å². The average molecular weight is 479 g/mol. The molecule has 0 aromatic heterocycles. The zero-order valence-corrected chi connectivity index (χ0v) is 21.9. The van der Waals surface area contributed by atoms with Crippen molar-refractivity contribution in [2.24, 2.45) is 0 Å². The van der Waals surface area contributed by atoms with Gasteiger partial charge in [-0.15, -0.1) is 0 Å². The molecule has 0 amide bonds. The number of esters is 1. The molecule has 0 aliphatic rings. The highest BCUT2D eigenvalue weighted by molar-refractivity contribution is 5.68. The summed E-state index contributed by atoms with van der Waals surface area (Å²) in [5.41, 5.74) is 0. The summed E-state index contributed by atoms with van der Waals surface area (Å²) < 4.78 is 5.81. The molecular formula is C25H52BrNO2. The lowest BCUT2D eigenvalue weighted by atomic mass is 10.0. The van der Waals surface area contributed by atoms with Crippen LogP contribution < -0.4 is 17.0 Å². The normalized spacial score (nSPS) is 11.3. The summed E-state index contributed by atoms with van der Waals surface area (Å²) in [5, 5.41) is 0. The summed E-state index contributed by atoms with van der Waals surface area (Å²) in [5.74, 6) is -0.0730. The van der Waals surface area contributed by atoms with Crippen LogP contribution in [0.2, 0.25) is 0 Å². The molecule has 0 radical (unpaired) electrons. The fourth-order valence-corrected chi connectivity index (χ4v) is 3.93. The number of methoxy groups -OCH3 is 1. The van der Waals surface area contributed by atoms with Gasteiger partial charge in [0.2, 0.25) is 0 Å². The molecule has 3 nitrogen and oxygen atoms in total. The highest BCUT2D eigenvalue weighted by atomic mass is 79.9. The molecule has 0 unspecified atom stereocenters. The number of rotatable bonds is 21. The Labute approximate surface area is 193 Å². The molecular weight excluding hydrogens is 426 g/mol. The molecule has 0 aliphatic carbocycles. The quantitative estimate of drug-likeness (QED) is 0.140. The topological polar surface area (TPSA) is 26.3 Å². The number of quaternary nitrogens is 1. The van der Waals surface area contributed by atoms with Crippen molar-refractivity contribution >= 4 is 5.97 Å². The fourth-order valence-electron chi connectivity index (χ4n) is 3.93. The standard InChI is InChI=1S/C25H52NO2.BrH/c1-5-6-7-8-9-10-11-12-13-14-15-16-17-20-23-26(2,3)24-21-18-19-22-25(27)28-4;/h5-24H2,1-4H3;1H/q+1;/p-1. The number of ether oxygens (including phenoxy) is 1. The van der Waals surface area contributed by atoms with Gasteiger partial charge in [-0.05, 0) is 32.1 Å². The van der Waals surface area contributed by atoms with Crippen LogP contribution >= 0.6 is 0 Å². The molecule has 0 N–H and O–H groups in total. The highest BCUT2D eigenvalue weighted by Gasteiger charge is 2.13. The number of nitrogens with zero attached hydrogens (tertiary/aromatic N) is 1. The minimum Gasteiger partial charge on any atom is -1.00 e. The van der Waals surface area contributed by atoms with Gasteiger partial charge in [0.25, 0.3) is 0 Å². The van der Waals surface area contributed by atoms with Gasteiger partial charge in [0.15, 0.2) is 0 Å². The molecule has 0 aliphatic heterocycles.